The molecular weight excluding hydrogens is 234 g/mol. The Hall–Kier alpha value is -2.24. The Morgan fingerprint density at radius 3 is 2.61 bits per heavy atom. The summed E-state index contributed by atoms with van der Waals surface area (Å²) < 4.78 is 7.89. The summed E-state index contributed by atoms with van der Waals surface area (Å²) in [6, 6.07) is 5.27. The van der Waals surface area contributed by atoms with E-state index < -0.39 is 6.09 Å². The maximum Gasteiger partial charge on any atom is 0.411 e. The first-order valence-corrected chi connectivity index (χ1v) is 5.64. The molecule has 0 aliphatic rings. The number of ether oxygens (including phenoxy) is 1. The fraction of sp³-hybridized carbons (Fsp3) is 0.333. The Morgan fingerprint density at radius 2 is 1.94 bits per heavy atom. The highest BCUT2D eigenvalue weighted by Gasteiger charge is 2.09. The van der Waals surface area contributed by atoms with Crippen LogP contribution in [0.2, 0.25) is 0 Å². The van der Waals surface area contributed by atoms with Crippen LogP contribution in [0.3, 0.4) is 0 Å². The SMILES string of the molecule is CCOC(=O)Nc1ccc2c(c1)n(C)c(=O)n2C. The second-order valence-corrected chi connectivity index (χ2v) is 3.95. The van der Waals surface area contributed by atoms with E-state index in [0.717, 1.165) is 11.0 Å². The van der Waals surface area contributed by atoms with Crippen molar-refractivity contribution in [2.75, 3.05) is 11.9 Å². The van der Waals surface area contributed by atoms with Gasteiger partial charge in [0, 0.05) is 19.8 Å². The van der Waals surface area contributed by atoms with Crippen molar-refractivity contribution >= 4 is 22.8 Å². The number of rotatable bonds is 2. The van der Waals surface area contributed by atoms with Gasteiger partial charge in [-0.05, 0) is 25.1 Å². The van der Waals surface area contributed by atoms with Crippen LogP contribution in [0.5, 0.6) is 0 Å². The highest BCUT2D eigenvalue weighted by atomic mass is 16.5. The molecule has 1 aromatic carbocycles. The summed E-state index contributed by atoms with van der Waals surface area (Å²) in [6.07, 6.45) is -0.502. The highest BCUT2D eigenvalue weighted by Crippen LogP contribution is 2.17. The Labute approximate surface area is 104 Å². The van der Waals surface area contributed by atoms with Gasteiger partial charge in [0.1, 0.15) is 0 Å². The van der Waals surface area contributed by atoms with Crippen molar-refractivity contribution < 1.29 is 9.53 Å². The zero-order valence-corrected chi connectivity index (χ0v) is 10.6. The van der Waals surface area contributed by atoms with Crippen molar-refractivity contribution in [1.82, 2.24) is 9.13 Å². The number of aromatic nitrogens is 2. The van der Waals surface area contributed by atoms with Gasteiger partial charge in [-0.2, -0.15) is 0 Å². The number of imidazole rings is 1. The normalized spacial score (nSPS) is 10.6. The first-order chi connectivity index (χ1) is 8.54. The third kappa shape index (κ3) is 1.97. The predicted octanol–water partition coefficient (Wildman–Crippen LogP) is 1.45. The monoisotopic (exact) mass is 249 g/mol. The minimum Gasteiger partial charge on any atom is -0.450 e. The number of hydrogen-bond acceptors (Lipinski definition) is 3. The number of nitrogens with zero attached hydrogens (tertiary/aromatic N) is 2. The second kappa shape index (κ2) is 4.56. The van der Waals surface area contributed by atoms with Crippen molar-refractivity contribution in [2.45, 2.75) is 6.92 Å². The lowest BCUT2D eigenvalue weighted by molar-refractivity contribution is 0.168. The lowest BCUT2D eigenvalue weighted by Gasteiger charge is -2.05. The van der Waals surface area contributed by atoms with E-state index in [0.29, 0.717) is 12.3 Å². The zero-order chi connectivity index (χ0) is 13.3. The molecule has 18 heavy (non-hydrogen) atoms. The van der Waals surface area contributed by atoms with E-state index in [4.69, 9.17) is 4.74 Å². The maximum absolute atomic E-state index is 11.7. The number of anilines is 1. The van der Waals surface area contributed by atoms with E-state index in [1.165, 1.54) is 4.57 Å². The van der Waals surface area contributed by atoms with Crippen LogP contribution < -0.4 is 11.0 Å². The molecule has 0 unspecified atom stereocenters. The van der Waals surface area contributed by atoms with Crippen molar-refractivity contribution in [1.29, 1.82) is 0 Å². The lowest BCUT2D eigenvalue weighted by Crippen LogP contribution is -2.19. The minimum atomic E-state index is -0.502. The molecule has 0 aliphatic heterocycles. The average Bonchev–Trinajstić information content (AvgIpc) is 2.55. The molecule has 2 rings (SSSR count). The molecule has 0 aliphatic carbocycles. The van der Waals surface area contributed by atoms with Gasteiger partial charge in [-0.15, -0.1) is 0 Å². The van der Waals surface area contributed by atoms with Gasteiger partial charge in [0.05, 0.1) is 17.6 Å². The molecule has 96 valence electrons. The number of fused-ring (bicyclic) bond motifs is 1. The lowest BCUT2D eigenvalue weighted by atomic mass is 10.2. The molecule has 0 spiro atoms. The standard InChI is InChI=1S/C12H15N3O3/c1-4-18-11(16)13-8-5-6-9-10(7-8)15(3)12(17)14(9)2/h5-7H,4H2,1-3H3,(H,13,16). The summed E-state index contributed by atoms with van der Waals surface area (Å²) in [4.78, 5) is 23.0. The number of hydrogen-bond donors (Lipinski definition) is 1. The summed E-state index contributed by atoms with van der Waals surface area (Å²) >= 11 is 0. The summed E-state index contributed by atoms with van der Waals surface area (Å²) in [5, 5.41) is 2.61. The van der Waals surface area contributed by atoms with Gasteiger partial charge in [-0.25, -0.2) is 9.59 Å². The van der Waals surface area contributed by atoms with Crippen LogP contribution in [-0.2, 0) is 18.8 Å². The van der Waals surface area contributed by atoms with E-state index in [1.54, 1.807) is 43.8 Å². The Kier molecular flexibility index (Phi) is 3.10. The smallest absolute Gasteiger partial charge is 0.411 e. The highest BCUT2D eigenvalue weighted by molar-refractivity contribution is 5.88. The number of carbonyl (C=O) groups excluding carboxylic acids is 1. The van der Waals surface area contributed by atoms with Crippen LogP contribution in [-0.4, -0.2) is 21.8 Å². The zero-order valence-electron chi connectivity index (χ0n) is 10.6. The van der Waals surface area contributed by atoms with E-state index in [-0.39, 0.29) is 5.69 Å². The van der Waals surface area contributed by atoms with E-state index in [1.807, 2.05) is 0 Å². The number of amides is 1. The molecule has 0 saturated heterocycles. The van der Waals surface area contributed by atoms with Gasteiger partial charge in [0.2, 0.25) is 0 Å². The van der Waals surface area contributed by atoms with Crippen molar-refractivity contribution in [2.24, 2.45) is 14.1 Å². The summed E-state index contributed by atoms with van der Waals surface area (Å²) in [5.74, 6) is 0. The Morgan fingerprint density at radius 1 is 1.28 bits per heavy atom. The van der Waals surface area contributed by atoms with E-state index in [9.17, 15) is 9.59 Å². The number of aryl methyl sites for hydroxylation is 2. The number of nitrogens with one attached hydrogen (secondary N) is 1. The van der Waals surface area contributed by atoms with Crippen LogP contribution in [0.4, 0.5) is 10.5 Å². The molecule has 0 fully saturated rings. The van der Waals surface area contributed by atoms with Crippen LogP contribution in [0.1, 0.15) is 6.92 Å². The molecule has 1 amide bonds. The Bertz CT molecular complexity index is 654. The summed E-state index contributed by atoms with van der Waals surface area (Å²) in [5.41, 5.74) is 2.08. The summed E-state index contributed by atoms with van der Waals surface area (Å²) in [7, 11) is 3.40. The molecule has 0 bridgehead atoms. The molecular formula is C12H15N3O3. The third-order valence-electron chi connectivity index (χ3n) is 2.79. The van der Waals surface area contributed by atoms with Gasteiger partial charge >= 0.3 is 11.8 Å². The van der Waals surface area contributed by atoms with E-state index >= 15 is 0 Å². The quantitative estimate of drug-likeness (QED) is 0.876. The molecule has 2 aromatic rings. The topological polar surface area (TPSA) is 65.3 Å². The third-order valence-corrected chi connectivity index (χ3v) is 2.79. The molecule has 0 atom stereocenters. The largest absolute Gasteiger partial charge is 0.450 e. The first-order valence-electron chi connectivity index (χ1n) is 5.64. The minimum absolute atomic E-state index is 0.0988. The maximum atomic E-state index is 11.7. The molecule has 1 N–H and O–H groups in total. The van der Waals surface area contributed by atoms with E-state index in [2.05, 4.69) is 5.32 Å². The molecule has 6 nitrogen and oxygen atoms in total. The Balaban J connectivity index is 2.42. The van der Waals surface area contributed by atoms with Gasteiger partial charge in [0.15, 0.2) is 0 Å². The molecule has 0 radical (unpaired) electrons. The predicted molar refractivity (Wildman–Crippen MR) is 68.8 cm³/mol. The van der Waals surface area contributed by atoms with Crippen LogP contribution in [0.25, 0.3) is 11.0 Å². The fourth-order valence-electron chi connectivity index (χ4n) is 1.87. The second-order valence-electron chi connectivity index (χ2n) is 3.95. The van der Waals surface area contributed by atoms with Crippen molar-refractivity contribution in [3.8, 4) is 0 Å². The molecule has 1 heterocycles. The average molecular weight is 249 g/mol. The molecule has 1 aromatic heterocycles. The summed E-state index contributed by atoms with van der Waals surface area (Å²) in [6.45, 7) is 2.06. The van der Waals surface area contributed by atoms with Gasteiger partial charge in [0.25, 0.3) is 0 Å². The fourth-order valence-corrected chi connectivity index (χ4v) is 1.87. The number of carbonyl (C=O) groups is 1. The van der Waals surface area contributed by atoms with Crippen LogP contribution >= 0.6 is 0 Å². The van der Waals surface area contributed by atoms with Crippen molar-refractivity contribution in [3.63, 3.8) is 0 Å². The molecule has 0 saturated carbocycles. The van der Waals surface area contributed by atoms with Crippen LogP contribution in [0.15, 0.2) is 23.0 Å². The van der Waals surface area contributed by atoms with Crippen molar-refractivity contribution in [3.05, 3.63) is 28.7 Å². The van der Waals surface area contributed by atoms with Gasteiger partial charge in [-0.3, -0.25) is 14.5 Å². The van der Waals surface area contributed by atoms with Crippen LogP contribution in [0, 0.1) is 0 Å². The van der Waals surface area contributed by atoms with Gasteiger partial charge in [-0.1, -0.05) is 0 Å². The number of benzene rings is 1. The van der Waals surface area contributed by atoms with Gasteiger partial charge < -0.3 is 4.74 Å². The first kappa shape index (κ1) is 12.2. The molecule has 6 heteroatoms.